The first-order valence-corrected chi connectivity index (χ1v) is 14.1. The molecule has 1 heterocycles. The van der Waals surface area contributed by atoms with Crippen LogP contribution in [0.5, 0.6) is 0 Å². The number of benzene rings is 5. The van der Waals surface area contributed by atoms with E-state index in [4.69, 9.17) is 4.42 Å². The van der Waals surface area contributed by atoms with E-state index in [0.29, 0.717) is 22.8 Å². The molecule has 0 aliphatic heterocycles. The van der Waals surface area contributed by atoms with Crippen molar-refractivity contribution in [3.05, 3.63) is 144 Å². The van der Waals surface area contributed by atoms with Gasteiger partial charge in [-0.05, 0) is 90.5 Å². The van der Waals surface area contributed by atoms with E-state index in [1.165, 1.54) is 36.0 Å². The van der Waals surface area contributed by atoms with E-state index in [-0.39, 0.29) is 11.8 Å². The number of amides is 2. The summed E-state index contributed by atoms with van der Waals surface area (Å²) >= 11 is 1.41. The summed E-state index contributed by atoms with van der Waals surface area (Å²) in [5, 5.41) is 5.31. The summed E-state index contributed by atoms with van der Waals surface area (Å²) in [7, 11) is 0. The van der Waals surface area contributed by atoms with Crippen LogP contribution in [0.1, 0.15) is 21.2 Å². The van der Waals surface area contributed by atoms with Crippen molar-refractivity contribution in [2.24, 2.45) is 0 Å². The minimum atomic E-state index is -0.525. The number of halogens is 1. The number of thioether (sulfide) groups is 1. The molecule has 2 amide bonds. The fraction of sp³-hybridized carbons (Fsp3) is 0.0294. The topological polar surface area (TPSA) is 84.2 Å². The minimum absolute atomic E-state index is 0.172. The summed E-state index contributed by atoms with van der Waals surface area (Å²) in [5.74, 6) is -0.389. The summed E-state index contributed by atoms with van der Waals surface area (Å²) < 4.78 is 19.0. The zero-order chi connectivity index (χ0) is 28.9. The van der Waals surface area contributed by atoms with Crippen molar-refractivity contribution in [1.82, 2.24) is 4.98 Å². The Kier molecular flexibility index (Phi) is 7.79. The highest BCUT2D eigenvalue weighted by molar-refractivity contribution is 8.00. The van der Waals surface area contributed by atoms with E-state index in [0.717, 1.165) is 27.1 Å². The molecule has 0 radical (unpaired) electrons. The number of nitrogens with one attached hydrogen (secondary N) is 2. The van der Waals surface area contributed by atoms with Gasteiger partial charge in [0.25, 0.3) is 5.91 Å². The normalized spacial score (nSPS) is 11.6. The molecule has 1 aromatic heterocycles. The fourth-order valence-corrected chi connectivity index (χ4v) is 5.38. The van der Waals surface area contributed by atoms with Crippen LogP contribution >= 0.6 is 11.8 Å². The Labute approximate surface area is 245 Å². The monoisotopic (exact) mass is 573 g/mol. The fourth-order valence-electron chi connectivity index (χ4n) is 4.36. The van der Waals surface area contributed by atoms with Crippen LogP contribution in [0.25, 0.3) is 22.6 Å². The number of rotatable bonds is 8. The SMILES string of the molecule is O=C(Nc1ccc(SC(C(=O)Nc2ccc(-c3nc4ccccc4o3)cc2)c2ccccc2)cc1)c1ccc(F)cc1. The summed E-state index contributed by atoms with van der Waals surface area (Å²) in [6.07, 6.45) is 0. The van der Waals surface area contributed by atoms with Gasteiger partial charge in [-0.3, -0.25) is 9.59 Å². The van der Waals surface area contributed by atoms with Crippen LogP contribution in [0.2, 0.25) is 0 Å². The van der Waals surface area contributed by atoms with Gasteiger partial charge in [0, 0.05) is 27.4 Å². The van der Waals surface area contributed by atoms with Gasteiger partial charge in [-0.2, -0.15) is 0 Å². The first kappa shape index (κ1) is 27.0. The molecule has 2 N–H and O–H groups in total. The number of carbonyl (C=O) groups excluding carboxylic acids is 2. The van der Waals surface area contributed by atoms with Gasteiger partial charge >= 0.3 is 0 Å². The van der Waals surface area contributed by atoms with E-state index in [9.17, 15) is 14.0 Å². The van der Waals surface area contributed by atoms with E-state index in [1.807, 2.05) is 91.0 Å². The Morgan fingerprint density at radius 1 is 0.714 bits per heavy atom. The van der Waals surface area contributed by atoms with E-state index in [2.05, 4.69) is 15.6 Å². The predicted octanol–water partition coefficient (Wildman–Crippen LogP) is 8.36. The molecule has 6 nitrogen and oxygen atoms in total. The van der Waals surface area contributed by atoms with Crippen molar-refractivity contribution in [2.75, 3.05) is 10.6 Å². The zero-order valence-corrected chi connectivity index (χ0v) is 23.0. The summed E-state index contributed by atoms with van der Waals surface area (Å²) in [5.41, 5.74) is 4.78. The maximum atomic E-state index is 13.5. The molecule has 206 valence electrons. The van der Waals surface area contributed by atoms with Crippen LogP contribution < -0.4 is 10.6 Å². The van der Waals surface area contributed by atoms with Gasteiger partial charge in [0.2, 0.25) is 11.8 Å². The number of hydrogen-bond acceptors (Lipinski definition) is 5. The van der Waals surface area contributed by atoms with Crippen molar-refractivity contribution in [1.29, 1.82) is 0 Å². The molecule has 1 unspecified atom stereocenters. The maximum absolute atomic E-state index is 13.5. The van der Waals surface area contributed by atoms with Gasteiger partial charge in [0.1, 0.15) is 16.6 Å². The second kappa shape index (κ2) is 12.1. The lowest BCUT2D eigenvalue weighted by Gasteiger charge is -2.17. The smallest absolute Gasteiger partial charge is 0.255 e. The van der Waals surface area contributed by atoms with Crippen LogP contribution in [0, 0.1) is 5.82 Å². The number of anilines is 2. The quantitative estimate of drug-likeness (QED) is 0.179. The molecule has 6 aromatic rings. The van der Waals surface area contributed by atoms with Crippen molar-refractivity contribution >= 4 is 46.1 Å². The van der Waals surface area contributed by atoms with Crippen LogP contribution in [0.3, 0.4) is 0 Å². The average molecular weight is 574 g/mol. The molecule has 5 aromatic carbocycles. The van der Waals surface area contributed by atoms with Crippen LogP contribution in [-0.4, -0.2) is 16.8 Å². The Balaban J connectivity index is 1.15. The molecule has 0 aliphatic rings. The second-order valence-electron chi connectivity index (χ2n) is 9.45. The van der Waals surface area contributed by atoms with Gasteiger partial charge in [-0.1, -0.05) is 42.5 Å². The molecule has 0 saturated carbocycles. The van der Waals surface area contributed by atoms with Gasteiger partial charge < -0.3 is 15.1 Å². The number of aromatic nitrogens is 1. The number of hydrogen-bond donors (Lipinski definition) is 2. The third-order valence-corrected chi connectivity index (χ3v) is 7.77. The lowest BCUT2D eigenvalue weighted by atomic mass is 10.1. The number of carbonyl (C=O) groups is 2. The average Bonchev–Trinajstić information content (AvgIpc) is 3.46. The first-order valence-electron chi connectivity index (χ1n) is 13.2. The third-order valence-electron chi connectivity index (χ3n) is 6.51. The van der Waals surface area contributed by atoms with Gasteiger partial charge in [-0.15, -0.1) is 11.8 Å². The van der Waals surface area contributed by atoms with Crippen LogP contribution in [0.4, 0.5) is 15.8 Å². The lowest BCUT2D eigenvalue weighted by Crippen LogP contribution is -2.19. The van der Waals surface area contributed by atoms with Crippen LogP contribution in [-0.2, 0) is 4.79 Å². The Hall–Kier alpha value is -5.21. The van der Waals surface area contributed by atoms with E-state index >= 15 is 0 Å². The Bertz CT molecular complexity index is 1810. The van der Waals surface area contributed by atoms with E-state index in [1.54, 1.807) is 12.1 Å². The second-order valence-corrected chi connectivity index (χ2v) is 10.6. The van der Waals surface area contributed by atoms with Gasteiger partial charge in [0.15, 0.2) is 5.58 Å². The molecule has 6 rings (SSSR count). The highest BCUT2D eigenvalue weighted by Crippen LogP contribution is 2.37. The van der Waals surface area contributed by atoms with Crippen molar-refractivity contribution in [3.8, 4) is 11.5 Å². The standard InChI is InChI=1S/C34H24FN3O3S/c35-25-14-10-23(11-15-25)32(39)36-27-18-20-28(21-19-27)42-31(22-6-2-1-3-7-22)33(40)37-26-16-12-24(13-17-26)34-38-29-8-4-5-9-30(29)41-34/h1-21,31H,(H,36,39)(H,37,40). The van der Waals surface area contributed by atoms with Crippen molar-refractivity contribution in [3.63, 3.8) is 0 Å². The highest BCUT2D eigenvalue weighted by atomic mass is 32.2. The highest BCUT2D eigenvalue weighted by Gasteiger charge is 2.22. The van der Waals surface area contributed by atoms with Crippen LogP contribution in [0.15, 0.2) is 137 Å². The van der Waals surface area contributed by atoms with Crippen molar-refractivity contribution in [2.45, 2.75) is 10.1 Å². The Morgan fingerprint density at radius 3 is 2.07 bits per heavy atom. The number of fused-ring (bicyclic) bond motifs is 1. The Morgan fingerprint density at radius 2 is 1.36 bits per heavy atom. The molecule has 1 atom stereocenters. The molecule has 0 bridgehead atoms. The molecule has 0 fully saturated rings. The number of para-hydroxylation sites is 2. The number of oxazole rings is 1. The lowest BCUT2D eigenvalue weighted by molar-refractivity contribution is -0.115. The van der Waals surface area contributed by atoms with Gasteiger partial charge in [0.05, 0.1) is 0 Å². The summed E-state index contributed by atoms with van der Waals surface area (Å²) in [6, 6.07) is 37.1. The molecule has 8 heteroatoms. The van der Waals surface area contributed by atoms with Gasteiger partial charge in [-0.25, -0.2) is 9.37 Å². The molecule has 42 heavy (non-hydrogen) atoms. The molecule has 0 aliphatic carbocycles. The summed E-state index contributed by atoms with van der Waals surface area (Å²) in [6.45, 7) is 0. The zero-order valence-electron chi connectivity index (χ0n) is 22.2. The third kappa shape index (κ3) is 6.24. The molecule has 0 spiro atoms. The van der Waals surface area contributed by atoms with Crippen molar-refractivity contribution < 1.29 is 18.4 Å². The first-order chi connectivity index (χ1) is 20.5. The predicted molar refractivity (Wildman–Crippen MR) is 164 cm³/mol. The minimum Gasteiger partial charge on any atom is -0.436 e. The maximum Gasteiger partial charge on any atom is 0.255 e. The largest absolute Gasteiger partial charge is 0.436 e. The number of nitrogens with zero attached hydrogens (tertiary/aromatic N) is 1. The molecular formula is C34H24FN3O3S. The molecule has 0 saturated heterocycles. The van der Waals surface area contributed by atoms with E-state index < -0.39 is 11.1 Å². The summed E-state index contributed by atoms with van der Waals surface area (Å²) in [4.78, 5) is 31.4. The molecular weight excluding hydrogens is 549 g/mol.